The van der Waals surface area contributed by atoms with Gasteiger partial charge < -0.3 is 0 Å². The summed E-state index contributed by atoms with van der Waals surface area (Å²) in [6.45, 7) is 2.11. The van der Waals surface area contributed by atoms with Crippen LogP contribution in [0.3, 0.4) is 0 Å². The molecule has 0 radical (unpaired) electrons. The van der Waals surface area contributed by atoms with Gasteiger partial charge in [0.1, 0.15) is 27.3 Å². The summed E-state index contributed by atoms with van der Waals surface area (Å²) in [6, 6.07) is 12.8. The molecule has 0 atom stereocenters. The lowest BCUT2D eigenvalue weighted by atomic mass is 10.2. The lowest BCUT2D eigenvalue weighted by molar-refractivity contribution is 1.11. The fourth-order valence-electron chi connectivity index (χ4n) is 2.26. The zero-order valence-corrected chi connectivity index (χ0v) is 14.8. The average molecular weight is 356 g/mol. The van der Waals surface area contributed by atoms with Crippen molar-refractivity contribution in [3.63, 3.8) is 0 Å². The molecule has 4 rings (SSSR count). The molecule has 4 aromatic rings. The van der Waals surface area contributed by atoms with Gasteiger partial charge in [0.15, 0.2) is 0 Å². The molecule has 6 heteroatoms. The van der Waals surface area contributed by atoms with Crippen LogP contribution >= 0.6 is 34.6 Å². The van der Waals surface area contributed by atoms with Crippen molar-refractivity contribution >= 4 is 44.8 Å². The molecule has 114 valence electrons. The molecule has 0 saturated carbocycles. The van der Waals surface area contributed by atoms with E-state index in [9.17, 15) is 0 Å². The molecule has 0 N–H and O–H groups in total. The van der Waals surface area contributed by atoms with Gasteiger partial charge in [0, 0.05) is 5.75 Å². The SMILES string of the molecule is Cc1ccc(CSc2ncnc3c(-c4cccs4)nsc23)cc1. The fourth-order valence-corrected chi connectivity index (χ4v) is 4.90. The maximum Gasteiger partial charge on any atom is 0.120 e. The minimum absolute atomic E-state index is 0.901. The molecule has 0 saturated heterocycles. The molecule has 0 bridgehead atoms. The Morgan fingerprint density at radius 1 is 1.09 bits per heavy atom. The molecule has 3 aromatic heterocycles. The van der Waals surface area contributed by atoms with E-state index in [2.05, 4.69) is 57.0 Å². The van der Waals surface area contributed by atoms with E-state index < -0.39 is 0 Å². The van der Waals surface area contributed by atoms with Crippen molar-refractivity contribution in [3.05, 3.63) is 59.2 Å². The third-order valence-electron chi connectivity index (χ3n) is 3.47. The van der Waals surface area contributed by atoms with Crippen LogP contribution in [-0.2, 0) is 5.75 Å². The molecule has 0 unspecified atom stereocenters. The monoisotopic (exact) mass is 355 g/mol. The molecule has 23 heavy (non-hydrogen) atoms. The van der Waals surface area contributed by atoms with Crippen molar-refractivity contribution in [2.24, 2.45) is 0 Å². The van der Waals surface area contributed by atoms with Crippen LogP contribution in [0.15, 0.2) is 53.1 Å². The molecular formula is C17H13N3S3. The van der Waals surface area contributed by atoms with Gasteiger partial charge in [-0.3, -0.25) is 0 Å². The van der Waals surface area contributed by atoms with Crippen molar-refractivity contribution in [1.82, 2.24) is 14.3 Å². The number of thiophene rings is 1. The van der Waals surface area contributed by atoms with Gasteiger partial charge in [-0.05, 0) is 35.5 Å². The number of nitrogens with zero attached hydrogens (tertiary/aromatic N) is 3. The summed E-state index contributed by atoms with van der Waals surface area (Å²) in [5.41, 5.74) is 4.51. The molecule has 3 nitrogen and oxygen atoms in total. The Labute approximate surface area is 146 Å². The lowest BCUT2D eigenvalue weighted by Crippen LogP contribution is -1.86. The zero-order valence-electron chi connectivity index (χ0n) is 12.4. The maximum atomic E-state index is 4.60. The van der Waals surface area contributed by atoms with Gasteiger partial charge in [-0.1, -0.05) is 35.9 Å². The molecule has 3 heterocycles. The highest BCUT2D eigenvalue weighted by molar-refractivity contribution is 7.98. The Hall–Kier alpha value is -1.76. The Bertz CT molecular complexity index is 928. The predicted octanol–water partition coefficient (Wildman–Crippen LogP) is 5.42. The van der Waals surface area contributed by atoms with Crippen LogP contribution in [0.5, 0.6) is 0 Å². The number of thioether (sulfide) groups is 1. The first-order valence-corrected chi connectivity index (χ1v) is 9.78. The Morgan fingerprint density at radius 3 is 2.74 bits per heavy atom. The molecular weight excluding hydrogens is 342 g/mol. The number of aryl methyl sites for hydroxylation is 1. The predicted molar refractivity (Wildman–Crippen MR) is 99.3 cm³/mol. The fraction of sp³-hybridized carbons (Fsp3) is 0.118. The van der Waals surface area contributed by atoms with E-state index >= 15 is 0 Å². The van der Waals surface area contributed by atoms with Gasteiger partial charge in [-0.15, -0.1) is 23.1 Å². The zero-order chi connectivity index (χ0) is 15.6. The first-order chi connectivity index (χ1) is 11.3. The normalized spacial score (nSPS) is 11.2. The standard InChI is InChI=1S/C17H13N3S3/c1-11-4-6-12(7-5-11)9-22-17-16-15(18-10-19-17)14(20-23-16)13-3-2-8-21-13/h2-8,10H,9H2,1H3. The van der Waals surface area contributed by atoms with Crippen LogP contribution in [0.25, 0.3) is 20.8 Å². The summed E-state index contributed by atoms with van der Waals surface area (Å²) in [6.07, 6.45) is 1.64. The first kappa shape index (κ1) is 14.8. The molecule has 1 aromatic carbocycles. The van der Waals surface area contributed by atoms with E-state index in [0.29, 0.717) is 0 Å². The van der Waals surface area contributed by atoms with Gasteiger partial charge >= 0.3 is 0 Å². The minimum Gasteiger partial charge on any atom is -0.233 e. The highest BCUT2D eigenvalue weighted by atomic mass is 32.2. The number of rotatable bonds is 4. The number of hydrogen-bond donors (Lipinski definition) is 0. The largest absolute Gasteiger partial charge is 0.233 e. The van der Waals surface area contributed by atoms with Crippen molar-refractivity contribution in [1.29, 1.82) is 0 Å². The van der Waals surface area contributed by atoms with Crippen molar-refractivity contribution in [2.75, 3.05) is 0 Å². The first-order valence-electron chi connectivity index (χ1n) is 7.14. The maximum absolute atomic E-state index is 4.60. The minimum atomic E-state index is 0.901. The second-order valence-corrected chi connectivity index (χ2v) is 7.82. The van der Waals surface area contributed by atoms with Gasteiger partial charge in [0.25, 0.3) is 0 Å². The van der Waals surface area contributed by atoms with E-state index in [1.54, 1.807) is 29.4 Å². The Balaban J connectivity index is 1.64. The molecule has 0 aliphatic carbocycles. The quantitative estimate of drug-likeness (QED) is 0.362. The molecule has 0 spiro atoms. The van der Waals surface area contributed by atoms with Crippen LogP contribution < -0.4 is 0 Å². The third-order valence-corrected chi connectivity index (χ3v) is 6.38. The van der Waals surface area contributed by atoms with E-state index in [-0.39, 0.29) is 0 Å². The van der Waals surface area contributed by atoms with Gasteiger partial charge in [0.2, 0.25) is 0 Å². The van der Waals surface area contributed by atoms with Crippen LogP contribution in [-0.4, -0.2) is 14.3 Å². The summed E-state index contributed by atoms with van der Waals surface area (Å²) in [4.78, 5) is 10.1. The smallest absolute Gasteiger partial charge is 0.120 e. The van der Waals surface area contributed by atoms with Crippen LogP contribution in [0.4, 0.5) is 0 Å². The average Bonchev–Trinajstić information content (AvgIpc) is 3.23. The van der Waals surface area contributed by atoms with Gasteiger partial charge in [0.05, 0.1) is 4.88 Å². The Kier molecular flexibility index (Phi) is 4.11. The van der Waals surface area contributed by atoms with E-state index in [1.165, 1.54) is 22.7 Å². The van der Waals surface area contributed by atoms with Crippen molar-refractivity contribution in [2.45, 2.75) is 17.7 Å². The van der Waals surface area contributed by atoms with Gasteiger partial charge in [-0.2, -0.15) is 4.37 Å². The summed E-state index contributed by atoms with van der Waals surface area (Å²) in [7, 11) is 0. The highest BCUT2D eigenvalue weighted by Crippen LogP contribution is 2.36. The van der Waals surface area contributed by atoms with E-state index in [1.807, 2.05) is 6.07 Å². The molecule has 0 fully saturated rings. The summed E-state index contributed by atoms with van der Waals surface area (Å²) < 4.78 is 5.68. The number of fused-ring (bicyclic) bond motifs is 1. The second-order valence-electron chi connectivity index (χ2n) is 5.14. The topological polar surface area (TPSA) is 38.7 Å². The second kappa shape index (κ2) is 6.39. The van der Waals surface area contributed by atoms with Crippen molar-refractivity contribution in [3.8, 4) is 10.6 Å². The van der Waals surface area contributed by atoms with Crippen LogP contribution in [0, 0.1) is 6.92 Å². The number of hydrogen-bond acceptors (Lipinski definition) is 6. The Morgan fingerprint density at radius 2 is 1.96 bits per heavy atom. The number of benzene rings is 1. The van der Waals surface area contributed by atoms with E-state index in [4.69, 9.17) is 0 Å². The summed E-state index contributed by atoms with van der Waals surface area (Å²) in [5, 5.41) is 3.07. The van der Waals surface area contributed by atoms with Crippen molar-refractivity contribution < 1.29 is 0 Å². The third kappa shape index (κ3) is 3.02. The molecule has 0 aliphatic heterocycles. The van der Waals surface area contributed by atoms with E-state index in [0.717, 1.165) is 31.6 Å². The molecule has 0 amide bonds. The molecule has 0 aliphatic rings. The summed E-state index contributed by atoms with van der Waals surface area (Å²) >= 11 is 4.92. The van der Waals surface area contributed by atoms with Gasteiger partial charge in [-0.25, -0.2) is 9.97 Å². The highest BCUT2D eigenvalue weighted by Gasteiger charge is 2.14. The van der Waals surface area contributed by atoms with Crippen LogP contribution in [0.1, 0.15) is 11.1 Å². The summed E-state index contributed by atoms with van der Waals surface area (Å²) in [5.74, 6) is 0.901. The van der Waals surface area contributed by atoms with Crippen LogP contribution in [0.2, 0.25) is 0 Å². The lowest BCUT2D eigenvalue weighted by Gasteiger charge is -2.02. The number of aromatic nitrogens is 3.